The summed E-state index contributed by atoms with van der Waals surface area (Å²) in [4.78, 5) is 8.99. The van der Waals surface area contributed by atoms with Crippen molar-refractivity contribution in [2.24, 2.45) is 0 Å². The van der Waals surface area contributed by atoms with Crippen LogP contribution in [0.15, 0.2) is 16.6 Å². The van der Waals surface area contributed by atoms with Crippen molar-refractivity contribution < 1.29 is 9.47 Å². The lowest BCUT2D eigenvalue weighted by molar-refractivity contribution is 0.170. The minimum absolute atomic E-state index is 0.517. The van der Waals surface area contributed by atoms with E-state index in [9.17, 15) is 0 Å². The molecule has 5 nitrogen and oxygen atoms in total. The predicted molar refractivity (Wildman–Crippen MR) is 84.7 cm³/mol. The van der Waals surface area contributed by atoms with Crippen LogP contribution in [0.2, 0.25) is 0 Å². The summed E-state index contributed by atoms with van der Waals surface area (Å²) in [7, 11) is 0. The third-order valence-corrected chi connectivity index (χ3v) is 4.06. The second-order valence-electron chi connectivity index (χ2n) is 4.84. The average Bonchev–Trinajstić information content (AvgIpc) is 2.50. The maximum absolute atomic E-state index is 5.99. The van der Waals surface area contributed by atoms with Gasteiger partial charge in [-0.2, -0.15) is 0 Å². The number of anilines is 1. The Hall–Kier alpha value is -1.82. The van der Waals surface area contributed by atoms with Gasteiger partial charge in [0.2, 0.25) is 0 Å². The molecule has 0 saturated heterocycles. The van der Waals surface area contributed by atoms with Gasteiger partial charge in [-0.25, -0.2) is 9.97 Å². The number of halogens is 1. The van der Waals surface area contributed by atoms with Gasteiger partial charge in [-0.15, -0.1) is 0 Å². The quantitative estimate of drug-likeness (QED) is 0.901. The fourth-order valence-electron chi connectivity index (χ4n) is 2.30. The Bertz CT molecular complexity index is 704. The number of aromatic nitrogens is 2. The molecule has 2 aromatic rings. The molecule has 0 aliphatic carbocycles. The minimum atomic E-state index is 0.517. The molecule has 3 rings (SSSR count). The number of nitrogens with two attached hydrogens (primary N) is 1. The van der Waals surface area contributed by atoms with Crippen LogP contribution in [0.25, 0.3) is 11.4 Å². The molecule has 0 saturated carbocycles. The minimum Gasteiger partial charge on any atom is -0.486 e. The van der Waals surface area contributed by atoms with Crippen LogP contribution in [-0.4, -0.2) is 23.2 Å². The number of rotatable bonds is 2. The van der Waals surface area contributed by atoms with Crippen LogP contribution in [0.4, 0.5) is 5.82 Å². The molecule has 0 atom stereocenters. The third kappa shape index (κ3) is 2.55. The van der Waals surface area contributed by atoms with Crippen molar-refractivity contribution >= 4 is 21.7 Å². The van der Waals surface area contributed by atoms with Crippen molar-refractivity contribution in [2.45, 2.75) is 20.3 Å². The highest BCUT2D eigenvalue weighted by Gasteiger charge is 2.18. The van der Waals surface area contributed by atoms with Gasteiger partial charge >= 0.3 is 0 Å². The molecule has 1 aromatic heterocycles. The summed E-state index contributed by atoms with van der Waals surface area (Å²) in [5, 5.41) is 0. The summed E-state index contributed by atoms with van der Waals surface area (Å²) in [6.45, 7) is 5.09. The zero-order valence-electron chi connectivity index (χ0n) is 11.9. The Morgan fingerprint density at radius 1 is 1.24 bits per heavy atom. The molecule has 21 heavy (non-hydrogen) atoms. The van der Waals surface area contributed by atoms with Crippen LogP contribution in [-0.2, 0) is 6.42 Å². The number of hydrogen-bond donors (Lipinski definition) is 1. The monoisotopic (exact) mass is 349 g/mol. The lowest BCUT2D eigenvalue weighted by Gasteiger charge is -2.20. The van der Waals surface area contributed by atoms with E-state index in [4.69, 9.17) is 15.2 Å². The van der Waals surface area contributed by atoms with Crippen LogP contribution < -0.4 is 15.2 Å². The first-order valence-electron chi connectivity index (χ1n) is 6.82. The molecule has 0 amide bonds. The van der Waals surface area contributed by atoms with Gasteiger partial charge in [-0.05, 0) is 41.4 Å². The Morgan fingerprint density at radius 3 is 2.76 bits per heavy atom. The van der Waals surface area contributed by atoms with Gasteiger partial charge in [-0.3, -0.25) is 0 Å². The van der Waals surface area contributed by atoms with E-state index >= 15 is 0 Å². The molecule has 0 bridgehead atoms. The molecule has 110 valence electrons. The van der Waals surface area contributed by atoms with E-state index in [2.05, 4.69) is 32.8 Å². The maximum atomic E-state index is 5.99. The van der Waals surface area contributed by atoms with E-state index in [1.807, 2.05) is 19.1 Å². The SMILES string of the molecule is CCc1nc(-c2cc(Br)c3c(c2)OCCO3)nc(N)c1C. The maximum Gasteiger partial charge on any atom is 0.175 e. The average molecular weight is 350 g/mol. The van der Waals surface area contributed by atoms with Crippen molar-refractivity contribution in [1.82, 2.24) is 9.97 Å². The van der Waals surface area contributed by atoms with Gasteiger partial charge < -0.3 is 15.2 Å². The predicted octanol–water partition coefficient (Wildman–Crippen LogP) is 3.13. The summed E-state index contributed by atoms with van der Waals surface area (Å²) >= 11 is 3.51. The number of nitrogen functional groups attached to an aromatic ring is 1. The lowest BCUT2D eigenvalue weighted by atomic mass is 10.1. The Kier molecular flexibility index (Phi) is 3.71. The fraction of sp³-hybridized carbons (Fsp3) is 0.333. The summed E-state index contributed by atoms with van der Waals surface area (Å²) in [5.74, 6) is 2.54. The number of benzene rings is 1. The van der Waals surface area contributed by atoms with Crippen LogP contribution in [0.5, 0.6) is 11.5 Å². The Labute approximate surface area is 131 Å². The topological polar surface area (TPSA) is 70.3 Å². The Morgan fingerprint density at radius 2 is 2.00 bits per heavy atom. The van der Waals surface area contributed by atoms with E-state index in [0.29, 0.717) is 30.6 Å². The van der Waals surface area contributed by atoms with Gasteiger partial charge in [0.15, 0.2) is 17.3 Å². The lowest BCUT2D eigenvalue weighted by Crippen LogP contribution is -2.15. The van der Waals surface area contributed by atoms with Gasteiger partial charge in [-0.1, -0.05) is 6.92 Å². The zero-order valence-corrected chi connectivity index (χ0v) is 13.5. The van der Waals surface area contributed by atoms with Gasteiger partial charge in [0.1, 0.15) is 19.0 Å². The number of aryl methyl sites for hydroxylation is 1. The van der Waals surface area contributed by atoms with Crippen LogP contribution >= 0.6 is 15.9 Å². The zero-order chi connectivity index (χ0) is 15.0. The molecule has 2 N–H and O–H groups in total. The molecule has 1 aromatic carbocycles. The highest BCUT2D eigenvalue weighted by atomic mass is 79.9. The van der Waals surface area contributed by atoms with Crippen LogP contribution in [0, 0.1) is 6.92 Å². The molecule has 1 aliphatic heterocycles. The smallest absolute Gasteiger partial charge is 0.175 e. The highest BCUT2D eigenvalue weighted by Crippen LogP contribution is 2.40. The van der Waals surface area contributed by atoms with E-state index in [1.165, 1.54) is 0 Å². The Balaban J connectivity index is 2.13. The van der Waals surface area contributed by atoms with Gasteiger partial charge in [0.25, 0.3) is 0 Å². The highest BCUT2D eigenvalue weighted by molar-refractivity contribution is 9.10. The normalized spacial score (nSPS) is 13.3. The van der Waals surface area contributed by atoms with Gasteiger partial charge in [0, 0.05) is 16.8 Å². The number of nitrogens with zero attached hydrogens (tertiary/aromatic N) is 2. The van der Waals surface area contributed by atoms with Crippen molar-refractivity contribution in [1.29, 1.82) is 0 Å². The van der Waals surface area contributed by atoms with Crippen LogP contribution in [0.3, 0.4) is 0 Å². The molecule has 0 radical (unpaired) electrons. The van der Waals surface area contributed by atoms with Crippen molar-refractivity contribution in [3.05, 3.63) is 27.9 Å². The van der Waals surface area contributed by atoms with E-state index in [-0.39, 0.29) is 0 Å². The first kappa shape index (κ1) is 14.1. The molecular formula is C15H16BrN3O2. The number of fused-ring (bicyclic) bond motifs is 1. The van der Waals surface area contributed by atoms with E-state index in [1.54, 1.807) is 0 Å². The molecule has 0 spiro atoms. The summed E-state index contributed by atoms with van der Waals surface area (Å²) < 4.78 is 12.1. The number of ether oxygens (including phenoxy) is 2. The van der Waals surface area contributed by atoms with Crippen molar-refractivity contribution in [2.75, 3.05) is 18.9 Å². The summed E-state index contributed by atoms with van der Waals surface area (Å²) in [6.07, 6.45) is 0.817. The molecule has 6 heteroatoms. The van der Waals surface area contributed by atoms with Crippen molar-refractivity contribution in [3.8, 4) is 22.9 Å². The number of hydrogen-bond acceptors (Lipinski definition) is 5. The van der Waals surface area contributed by atoms with Crippen LogP contribution in [0.1, 0.15) is 18.2 Å². The molecule has 1 aliphatic rings. The second kappa shape index (κ2) is 5.52. The standard InChI is InChI=1S/C15H16BrN3O2/c1-3-11-8(2)14(17)19-15(18-11)9-6-10(16)13-12(7-9)20-4-5-21-13/h6-7H,3-5H2,1-2H3,(H2,17,18,19). The molecular weight excluding hydrogens is 334 g/mol. The van der Waals surface area contributed by atoms with Crippen molar-refractivity contribution in [3.63, 3.8) is 0 Å². The largest absolute Gasteiger partial charge is 0.486 e. The van der Waals surface area contributed by atoms with E-state index < -0.39 is 0 Å². The molecule has 2 heterocycles. The molecule has 0 unspecified atom stereocenters. The summed E-state index contributed by atoms with van der Waals surface area (Å²) in [5.41, 5.74) is 8.75. The first-order valence-corrected chi connectivity index (χ1v) is 7.62. The van der Waals surface area contributed by atoms with E-state index in [0.717, 1.165) is 33.5 Å². The second-order valence-corrected chi connectivity index (χ2v) is 5.69. The summed E-state index contributed by atoms with van der Waals surface area (Å²) in [6, 6.07) is 3.82. The van der Waals surface area contributed by atoms with Gasteiger partial charge in [0.05, 0.1) is 4.47 Å². The fourth-order valence-corrected chi connectivity index (χ4v) is 2.85. The third-order valence-electron chi connectivity index (χ3n) is 3.47. The first-order chi connectivity index (χ1) is 10.1. The molecule has 0 fully saturated rings.